The Morgan fingerprint density at radius 2 is 1.55 bits per heavy atom. The number of benzene rings is 2. The molecular weight excluding hydrogens is 394 g/mol. The van der Waals surface area contributed by atoms with E-state index in [-0.39, 0.29) is 16.7 Å². The second kappa shape index (κ2) is 8.23. The maximum Gasteiger partial charge on any atom is 0.255 e. The predicted molar refractivity (Wildman–Crippen MR) is 107 cm³/mol. The highest BCUT2D eigenvalue weighted by molar-refractivity contribution is 7.90. The third-order valence-corrected chi connectivity index (χ3v) is 5.30. The summed E-state index contributed by atoms with van der Waals surface area (Å²) in [6.07, 6.45) is 3.93. The fourth-order valence-electron chi connectivity index (χ4n) is 2.48. The van der Waals surface area contributed by atoms with Crippen molar-refractivity contribution >= 4 is 33.0 Å². The summed E-state index contributed by atoms with van der Waals surface area (Å²) in [4.78, 5) is 28.5. The Labute approximate surface area is 167 Å². The molecule has 0 aliphatic heterocycles. The highest BCUT2D eigenvalue weighted by atomic mass is 32.2. The fraction of sp³-hybridized carbons (Fsp3) is 0.158. The second-order valence-electron chi connectivity index (χ2n) is 6.37. The molecule has 0 radical (unpaired) electrons. The Balaban J connectivity index is 1.61. The van der Waals surface area contributed by atoms with Crippen LogP contribution in [0.15, 0.2) is 66.1 Å². The summed E-state index contributed by atoms with van der Waals surface area (Å²) in [5, 5.41) is 9.42. The average molecular weight is 413 g/mol. The van der Waals surface area contributed by atoms with E-state index >= 15 is 0 Å². The van der Waals surface area contributed by atoms with Crippen LogP contribution in [0.3, 0.4) is 0 Å². The van der Waals surface area contributed by atoms with Gasteiger partial charge in [-0.05, 0) is 55.5 Å². The molecule has 1 atom stereocenters. The first kappa shape index (κ1) is 20.2. The highest BCUT2D eigenvalue weighted by Gasteiger charge is 2.15. The first-order valence-corrected chi connectivity index (χ1v) is 10.5. The Hall–Kier alpha value is -3.53. The number of aromatic nitrogens is 3. The molecule has 1 heterocycles. The van der Waals surface area contributed by atoms with Gasteiger partial charge in [-0.25, -0.2) is 18.1 Å². The lowest BCUT2D eigenvalue weighted by atomic mass is 10.2. The molecule has 9 nitrogen and oxygen atoms in total. The molecule has 0 saturated heterocycles. The number of hydrogen-bond acceptors (Lipinski definition) is 6. The predicted octanol–water partition coefficient (Wildman–Crippen LogP) is 2.13. The molecule has 3 aromatic rings. The van der Waals surface area contributed by atoms with E-state index in [0.29, 0.717) is 16.9 Å². The number of nitrogens with one attached hydrogen (secondary N) is 2. The topological polar surface area (TPSA) is 123 Å². The molecular formula is C19H19N5O4S. The van der Waals surface area contributed by atoms with E-state index in [2.05, 4.69) is 20.7 Å². The van der Waals surface area contributed by atoms with E-state index in [4.69, 9.17) is 0 Å². The molecule has 2 aromatic carbocycles. The SMILES string of the molecule is CC(C(=O)Nc1ccc(NC(=O)c2ccc(S(C)(=O)=O)cc2)cc1)n1cncn1. The second-order valence-corrected chi connectivity index (χ2v) is 8.38. The number of carbonyl (C=O) groups is 2. The largest absolute Gasteiger partial charge is 0.324 e. The standard InChI is InChI=1S/C19H19N5O4S/c1-13(24-12-20-11-21-24)18(25)22-15-5-7-16(8-6-15)23-19(26)14-3-9-17(10-4-14)29(2,27)28/h3-13H,1-2H3,(H,22,25)(H,23,26). The minimum Gasteiger partial charge on any atom is -0.324 e. The number of rotatable bonds is 6. The molecule has 29 heavy (non-hydrogen) atoms. The van der Waals surface area contributed by atoms with Crippen LogP contribution in [0, 0.1) is 0 Å². The smallest absolute Gasteiger partial charge is 0.255 e. The monoisotopic (exact) mass is 413 g/mol. The fourth-order valence-corrected chi connectivity index (χ4v) is 3.11. The summed E-state index contributed by atoms with van der Waals surface area (Å²) >= 11 is 0. The van der Waals surface area contributed by atoms with Gasteiger partial charge < -0.3 is 10.6 Å². The Morgan fingerprint density at radius 1 is 0.966 bits per heavy atom. The molecule has 0 aliphatic carbocycles. The molecule has 0 aliphatic rings. The lowest BCUT2D eigenvalue weighted by Gasteiger charge is -2.12. The van der Waals surface area contributed by atoms with Gasteiger partial charge in [0.15, 0.2) is 9.84 Å². The maximum absolute atomic E-state index is 12.3. The number of hydrogen-bond donors (Lipinski definition) is 2. The van der Waals surface area contributed by atoms with Crippen molar-refractivity contribution < 1.29 is 18.0 Å². The van der Waals surface area contributed by atoms with Gasteiger partial charge in [-0.15, -0.1) is 0 Å². The molecule has 0 fully saturated rings. The summed E-state index contributed by atoms with van der Waals surface area (Å²) in [5.41, 5.74) is 1.43. The third-order valence-electron chi connectivity index (χ3n) is 4.17. The first-order valence-electron chi connectivity index (χ1n) is 8.60. The van der Waals surface area contributed by atoms with Crippen molar-refractivity contribution in [3.05, 3.63) is 66.7 Å². The van der Waals surface area contributed by atoms with Gasteiger partial charge >= 0.3 is 0 Å². The van der Waals surface area contributed by atoms with E-state index in [1.807, 2.05) is 0 Å². The minimum absolute atomic E-state index is 0.147. The van der Waals surface area contributed by atoms with Crippen molar-refractivity contribution in [3.8, 4) is 0 Å². The zero-order chi connectivity index (χ0) is 21.0. The van der Waals surface area contributed by atoms with Gasteiger partial charge in [-0.3, -0.25) is 9.59 Å². The van der Waals surface area contributed by atoms with Gasteiger partial charge in [0.05, 0.1) is 4.90 Å². The van der Waals surface area contributed by atoms with E-state index in [9.17, 15) is 18.0 Å². The lowest BCUT2D eigenvalue weighted by Crippen LogP contribution is -2.24. The van der Waals surface area contributed by atoms with Crippen molar-refractivity contribution in [3.63, 3.8) is 0 Å². The van der Waals surface area contributed by atoms with Gasteiger partial charge in [0, 0.05) is 23.2 Å². The van der Waals surface area contributed by atoms with Gasteiger partial charge in [0.1, 0.15) is 18.7 Å². The molecule has 1 aromatic heterocycles. The van der Waals surface area contributed by atoms with Crippen LogP contribution in [0.2, 0.25) is 0 Å². The maximum atomic E-state index is 12.3. The molecule has 1 unspecified atom stereocenters. The highest BCUT2D eigenvalue weighted by Crippen LogP contribution is 2.17. The van der Waals surface area contributed by atoms with Gasteiger partial charge in [-0.1, -0.05) is 0 Å². The number of carbonyl (C=O) groups excluding carboxylic acids is 2. The molecule has 0 spiro atoms. The van der Waals surface area contributed by atoms with Crippen LogP contribution in [0.25, 0.3) is 0 Å². The van der Waals surface area contributed by atoms with Crippen molar-refractivity contribution in [1.82, 2.24) is 14.8 Å². The number of nitrogens with zero attached hydrogens (tertiary/aromatic N) is 3. The molecule has 10 heteroatoms. The van der Waals surface area contributed by atoms with Gasteiger partial charge in [-0.2, -0.15) is 5.10 Å². The van der Waals surface area contributed by atoms with E-state index in [1.54, 1.807) is 31.2 Å². The van der Waals surface area contributed by atoms with E-state index in [1.165, 1.54) is 41.6 Å². The molecule has 0 bridgehead atoms. The number of sulfone groups is 1. The van der Waals surface area contributed by atoms with Crippen LogP contribution in [0.4, 0.5) is 11.4 Å². The molecule has 2 amide bonds. The normalized spacial score (nSPS) is 12.2. The number of anilines is 2. The summed E-state index contributed by atoms with van der Waals surface area (Å²) < 4.78 is 24.4. The molecule has 2 N–H and O–H groups in total. The van der Waals surface area contributed by atoms with Crippen LogP contribution < -0.4 is 10.6 Å². The summed E-state index contributed by atoms with van der Waals surface area (Å²) in [7, 11) is -3.31. The quantitative estimate of drug-likeness (QED) is 0.638. The van der Waals surface area contributed by atoms with E-state index < -0.39 is 15.9 Å². The number of amides is 2. The average Bonchev–Trinajstić information content (AvgIpc) is 3.23. The van der Waals surface area contributed by atoms with Gasteiger partial charge in [0.2, 0.25) is 5.91 Å². The van der Waals surface area contributed by atoms with Crippen LogP contribution >= 0.6 is 0 Å². The van der Waals surface area contributed by atoms with Crippen LogP contribution in [-0.2, 0) is 14.6 Å². The summed E-state index contributed by atoms with van der Waals surface area (Å²) in [5.74, 6) is -0.625. The van der Waals surface area contributed by atoms with Crippen LogP contribution in [0.1, 0.15) is 23.3 Å². The van der Waals surface area contributed by atoms with Crippen LogP contribution in [0.5, 0.6) is 0 Å². The minimum atomic E-state index is -3.31. The molecule has 0 saturated carbocycles. The van der Waals surface area contributed by atoms with Crippen molar-refractivity contribution in [2.24, 2.45) is 0 Å². The van der Waals surface area contributed by atoms with E-state index in [0.717, 1.165) is 6.26 Å². The summed E-state index contributed by atoms with van der Waals surface area (Å²) in [6.45, 7) is 1.70. The molecule has 150 valence electrons. The molecule has 3 rings (SSSR count). The zero-order valence-corrected chi connectivity index (χ0v) is 16.6. The Morgan fingerprint density at radius 3 is 2.07 bits per heavy atom. The van der Waals surface area contributed by atoms with Crippen LogP contribution in [-0.4, -0.2) is 41.3 Å². The lowest BCUT2D eigenvalue weighted by molar-refractivity contribution is -0.119. The summed E-state index contributed by atoms with van der Waals surface area (Å²) in [6, 6.07) is 11.8. The zero-order valence-electron chi connectivity index (χ0n) is 15.7. The first-order chi connectivity index (χ1) is 13.7. The van der Waals surface area contributed by atoms with Crippen molar-refractivity contribution in [1.29, 1.82) is 0 Å². The Kier molecular flexibility index (Phi) is 5.74. The van der Waals surface area contributed by atoms with Crippen molar-refractivity contribution in [2.75, 3.05) is 16.9 Å². The third kappa shape index (κ3) is 5.05. The van der Waals surface area contributed by atoms with Crippen molar-refractivity contribution in [2.45, 2.75) is 17.9 Å². The van der Waals surface area contributed by atoms with Gasteiger partial charge in [0.25, 0.3) is 5.91 Å². The Bertz CT molecular complexity index is 1110.